The molecule has 0 N–H and O–H groups in total. The predicted octanol–water partition coefficient (Wildman–Crippen LogP) is 1.65. The Kier molecular flexibility index (Phi) is 3.80. The third kappa shape index (κ3) is 2.73. The Morgan fingerprint density at radius 3 is 2.82 bits per heavy atom. The van der Waals surface area contributed by atoms with E-state index in [1.807, 2.05) is 23.6 Å². The maximum absolute atomic E-state index is 5.48. The van der Waals surface area contributed by atoms with Crippen molar-refractivity contribution >= 4 is 5.65 Å². The van der Waals surface area contributed by atoms with Crippen molar-refractivity contribution in [3.05, 3.63) is 23.7 Å². The van der Waals surface area contributed by atoms with Gasteiger partial charge in [-0.15, -0.1) is 10.2 Å². The molecule has 0 aliphatic carbocycles. The lowest BCUT2D eigenvalue weighted by Crippen LogP contribution is -2.37. The Balaban J connectivity index is 1.43. The molecule has 2 fully saturated rings. The van der Waals surface area contributed by atoms with Crippen LogP contribution < -0.4 is 0 Å². The zero-order valence-electron chi connectivity index (χ0n) is 13.1. The highest BCUT2D eigenvalue weighted by Crippen LogP contribution is 2.27. The number of aryl methyl sites for hydroxylation is 1. The number of fused-ring (bicyclic) bond motifs is 1. The number of ether oxygens (including phenoxy) is 1. The number of hydrogen-bond donors (Lipinski definition) is 0. The molecule has 0 amide bonds. The summed E-state index contributed by atoms with van der Waals surface area (Å²) >= 11 is 0. The molecule has 2 aromatic rings. The first kappa shape index (κ1) is 14.1. The van der Waals surface area contributed by atoms with Gasteiger partial charge in [0.15, 0.2) is 11.5 Å². The monoisotopic (exact) mass is 301 g/mol. The molecule has 4 rings (SSSR count). The molecule has 2 saturated heterocycles. The van der Waals surface area contributed by atoms with E-state index in [1.54, 1.807) is 0 Å². The van der Waals surface area contributed by atoms with Crippen LogP contribution in [0.15, 0.2) is 12.1 Å². The molecule has 1 unspecified atom stereocenters. The number of piperidine rings is 1. The molecule has 0 spiro atoms. The highest BCUT2D eigenvalue weighted by molar-refractivity contribution is 5.36. The largest absolute Gasteiger partial charge is 0.381 e. The lowest BCUT2D eigenvalue weighted by Gasteiger charge is -2.32. The molecule has 1 atom stereocenters. The Morgan fingerprint density at radius 2 is 2.05 bits per heavy atom. The van der Waals surface area contributed by atoms with Crippen LogP contribution in [-0.2, 0) is 4.74 Å². The summed E-state index contributed by atoms with van der Waals surface area (Å²) in [5.41, 5.74) is 1.86. The van der Waals surface area contributed by atoms with Crippen molar-refractivity contribution in [3.63, 3.8) is 0 Å². The zero-order valence-corrected chi connectivity index (χ0v) is 13.1. The number of nitrogens with zero attached hydrogens (tertiary/aromatic N) is 5. The minimum atomic E-state index is 0.473. The summed E-state index contributed by atoms with van der Waals surface area (Å²) in [5, 5.41) is 13.2. The first-order chi connectivity index (χ1) is 10.8. The van der Waals surface area contributed by atoms with Crippen molar-refractivity contribution < 1.29 is 4.74 Å². The molecule has 4 heterocycles. The van der Waals surface area contributed by atoms with Crippen molar-refractivity contribution in [1.29, 1.82) is 0 Å². The molecule has 2 aromatic heterocycles. The summed E-state index contributed by atoms with van der Waals surface area (Å²) in [6.45, 7) is 7.36. The van der Waals surface area contributed by atoms with Gasteiger partial charge in [0.1, 0.15) is 0 Å². The van der Waals surface area contributed by atoms with Crippen LogP contribution in [-0.4, -0.2) is 57.6 Å². The Labute approximate surface area is 130 Å². The van der Waals surface area contributed by atoms with Crippen LogP contribution in [0, 0.1) is 12.8 Å². The van der Waals surface area contributed by atoms with E-state index in [0.717, 1.165) is 62.2 Å². The molecule has 2 aliphatic heterocycles. The summed E-state index contributed by atoms with van der Waals surface area (Å²) in [6, 6.07) is 3.98. The van der Waals surface area contributed by atoms with Crippen molar-refractivity contribution in [1.82, 2.24) is 24.7 Å². The molecule has 6 heteroatoms. The fourth-order valence-corrected chi connectivity index (χ4v) is 3.62. The highest BCUT2D eigenvalue weighted by Gasteiger charge is 2.27. The minimum Gasteiger partial charge on any atom is -0.381 e. The van der Waals surface area contributed by atoms with E-state index >= 15 is 0 Å². The third-order valence-corrected chi connectivity index (χ3v) is 4.91. The molecule has 0 aromatic carbocycles. The van der Waals surface area contributed by atoms with E-state index in [-0.39, 0.29) is 0 Å². The fourth-order valence-electron chi connectivity index (χ4n) is 3.62. The van der Waals surface area contributed by atoms with E-state index < -0.39 is 0 Å². The van der Waals surface area contributed by atoms with Crippen LogP contribution in [0.3, 0.4) is 0 Å². The van der Waals surface area contributed by atoms with E-state index in [4.69, 9.17) is 4.74 Å². The second kappa shape index (κ2) is 5.93. The Hall–Kier alpha value is -1.53. The summed E-state index contributed by atoms with van der Waals surface area (Å²) in [4.78, 5) is 2.58. The highest BCUT2D eigenvalue weighted by atomic mass is 16.5. The summed E-state index contributed by atoms with van der Waals surface area (Å²) in [7, 11) is 0. The van der Waals surface area contributed by atoms with E-state index in [1.165, 1.54) is 13.0 Å². The van der Waals surface area contributed by atoms with Gasteiger partial charge in [0, 0.05) is 19.1 Å². The molecule has 0 radical (unpaired) electrons. The van der Waals surface area contributed by atoms with E-state index in [9.17, 15) is 0 Å². The molecular formula is C16H23N5O. The van der Waals surface area contributed by atoms with Crippen LogP contribution in [0.25, 0.3) is 5.65 Å². The minimum absolute atomic E-state index is 0.473. The first-order valence-corrected chi connectivity index (χ1v) is 8.28. The molecule has 2 aliphatic rings. The second-order valence-corrected chi connectivity index (χ2v) is 6.61. The summed E-state index contributed by atoms with van der Waals surface area (Å²) < 4.78 is 7.41. The van der Waals surface area contributed by atoms with Gasteiger partial charge in [-0.25, -0.2) is 0 Å². The predicted molar refractivity (Wildman–Crippen MR) is 82.9 cm³/mol. The number of rotatable bonds is 3. The summed E-state index contributed by atoms with van der Waals surface area (Å²) in [6.07, 6.45) is 3.51. The molecule has 0 saturated carbocycles. The zero-order chi connectivity index (χ0) is 14.9. The fraction of sp³-hybridized carbons (Fsp3) is 0.688. The molecule has 22 heavy (non-hydrogen) atoms. The smallest absolute Gasteiger partial charge is 0.177 e. The van der Waals surface area contributed by atoms with Gasteiger partial charge in [-0.05, 0) is 57.3 Å². The maximum atomic E-state index is 5.48. The number of aromatic nitrogens is 4. The van der Waals surface area contributed by atoms with Crippen LogP contribution in [0.5, 0.6) is 0 Å². The van der Waals surface area contributed by atoms with Crippen molar-refractivity contribution in [2.75, 3.05) is 32.8 Å². The molecule has 0 bridgehead atoms. The van der Waals surface area contributed by atoms with Gasteiger partial charge in [0.25, 0.3) is 0 Å². The van der Waals surface area contributed by atoms with Gasteiger partial charge in [-0.3, -0.25) is 0 Å². The Morgan fingerprint density at radius 1 is 1.18 bits per heavy atom. The number of hydrogen-bond acceptors (Lipinski definition) is 5. The maximum Gasteiger partial charge on any atom is 0.177 e. The standard InChI is InChI=1S/C16H23N5O/c1-12-2-3-15-17-18-16(21(15)19-12)14-4-7-20(8-5-14)10-13-6-9-22-11-13/h2-3,13-14H,4-11H2,1H3. The first-order valence-electron chi connectivity index (χ1n) is 8.28. The van der Waals surface area contributed by atoms with Crippen LogP contribution >= 0.6 is 0 Å². The summed E-state index contributed by atoms with van der Waals surface area (Å²) in [5.74, 6) is 2.23. The van der Waals surface area contributed by atoms with Crippen LogP contribution in [0.2, 0.25) is 0 Å². The van der Waals surface area contributed by atoms with Crippen LogP contribution in [0.1, 0.15) is 36.7 Å². The van der Waals surface area contributed by atoms with Gasteiger partial charge in [-0.1, -0.05) is 0 Å². The van der Waals surface area contributed by atoms with Crippen molar-refractivity contribution in [3.8, 4) is 0 Å². The van der Waals surface area contributed by atoms with E-state index in [2.05, 4.69) is 20.2 Å². The average molecular weight is 301 g/mol. The molecule has 118 valence electrons. The lowest BCUT2D eigenvalue weighted by molar-refractivity contribution is 0.151. The van der Waals surface area contributed by atoms with Gasteiger partial charge in [0.05, 0.1) is 12.3 Å². The SMILES string of the molecule is Cc1ccc2nnc(C3CCN(CC4CCOC4)CC3)n2n1. The van der Waals surface area contributed by atoms with E-state index in [0.29, 0.717) is 5.92 Å². The van der Waals surface area contributed by atoms with Gasteiger partial charge < -0.3 is 9.64 Å². The topological polar surface area (TPSA) is 55.5 Å². The van der Waals surface area contributed by atoms with Gasteiger partial charge in [-0.2, -0.15) is 9.61 Å². The molecular weight excluding hydrogens is 278 g/mol. The van der Waals surface area contributed by atoms with Gasteiger partial charge in [0.2, 0.25) is 0 Å². The average Bonchev–Trinajstić information content (AvgIpc) is 3.17. The normalized spacial score (nSPS) is 24.3. The second-order valence-electron chi connectivity index (χ2n) is 6.61. The third-order valence-electron chi connectivity index (χ3n) is 4.91. The quantitative estimate of drug-likeness (QED) is 0.863. The molecule has 6 nitrogen and oxygen atoms in total. The number of likely N-dealkylation sites (tertiary alicyclic amines) is 1. The van der Waals surface area contributed by atoms with Crippen molar-refractivity contribution in [2.45, 2.75) is 32.1 Å². The Bertz CT molecular complexity index is 641. The van der Waals surface area contributed by atoms with Crippen LogP contribution in [0.4, 0.5) is 0 Å². The van der Waals surface area contributed by atoms with Crippen molar-refractivity contribution in [2.24, 2.45) is 5.92 Å². The van der Waals surface area contributed by atoms with Gasteiger partial charge >= 0.3 is 0 Å². The lowest BCUT2D eigenvalue weighted by atomic mass is 9.95.